The van der Waals surface area contributed by atoms with Crippen LogP contribution in [-0.4, -0.2) is 45.1 Å². The first-order valence-electron chi connectivity index (χ1n) is 7.50. The van der Waals surface area contributed by atoms with Crippen molar-refractivity contribution in [1.82, 2.24) is 4.90 Å². The van der Waals surface area contributed by atoms with Crippen molar-refractivity contribution < 1.29 is 24.5 Å². The summed E-state index contributed by atoms with van der Waals surface area (Å²) in [4.78, 5) is 25.3. The summed E-state index contributed by atoms with van der Waals surface area (Å²) in [6, 6.07) is 7.24. The number of fused-ring (bicyclic) bond motifs is 1. The first-order chi connectivity index (χ1) is 11.4. The molecular formula is C16H18N2O5S. The highest BCUT2D eigenvalue weighted by Crippen LogP contribution is 2.50. The number of hydrogen-bond acceptors (Lipinski definition) is 6. The Kier molecular flexibility index (Phi) is 4.53. The van der Waals surface area contributed by atoms with E-state index in [4.69, 9.17) is 10.5 Å². The predicted octanol–water partition coefficient (Wildman–Crippen LogP) is 0.732. The van der Waals surface area contributed by atoms with Gasteiger partial charge in [-0.15, -0.1) is 0 Å². The van der Waals surface area contributed by atoms with Crippen molar-refractivity contribution in [2.75, 3.05) is 6.61 Å². The molecule has 1 aromatic carbocycles. The third kappa shape index (κ3) is 2.77. The van der Waals surface area contributed by atoms with Gasteiger partial charge in [-0.1, -0.05) is 23.9 Å². The highest BCUT2D eigenvalue weighted by atomic mass is 32.2. The molecule has 1 amide bonds. The van der Waals surface area contributed by atoms with Crippen LogP contribution in [0.2, 0.25) is 0 Å². The number of nitrogens with two attached hydrogens (primary N) is 1. The van der Waals surface area contributed by atoms with Gasteiger partial charge in [0.2, 0.25) is 5.91 Å². The molecule has 128 valence electrons. The van der Waals surface area contributed by atoms with E-state index in [1.165, 1.54) is 23.6 Å². The fourth-order valence-corrected chi connectivity index (χ4v) is 4.39. The van der Waals surface area contributed by atoms with Crippen molar-refractivity contribution in [3.8, 4) is 5.75 Å². The van der Waals surface area contributed by atoms with Gasteiger partial charge < -0.3 is 20.7 Å². The number of carboxylic acids is 1. The molecule has 0 saturated carbocycles. The fraction of sp³-hybridized carbons (Fsp3) is 0.375. The Labute approximate surface area is 143 Å². The number of nitrogens with zero attached hydrogens (tertiary/aromatic N) is 1. The average Bonchev–Trinajstić information content (AvgIpc) is 2.87. The maximum atomic E-state index is 12.1. The van der Waals surface area contributed by atoms with Gasteiger partial charge in [0.25, 0.3) is 0 Å². The molecule has 3 atom stereocenters. The molecule has 0 bridgehead atoms. The van der Waals surface area contributed by atoms with Gasteiger partial charge >= 0.3 is 5.97 Å². The molecule has 1 saturated heterocycles. The quantitative estimate of drug-likeness (QED) is 0.648. The van der Waals surface area contributed by atoms with Crippen LogP contribution < -0.4 is 10.5 Å². The SMILES string of the molecule is C[C@@H](O)[C@H]1C(=O)N2C(C(=O)O)=C(COc3cccc(CN)c3)S[C@H]12. The zero-order valence-electron chi connectivity index (χ0n) is 13.0. The summed E-state index contributed by atoms with van der Waals surface area (Å²) in [6.45, 7) is 1.97. The normalized spacial score (nSPS) is 23.8. The smallest absolute Gasteiger partial charge is 0.353 e. The lowest BCUT2D eigenvalue weighted by molar-refractivity contribution is -0.156. The molecule has 0 aliphatic carbocycles. The van der Waals surface area contributed by atoms with Crippen LogP contribution >= 0.6 is 11.8 Å². The molecule has 4 N–H and O–H groups in total. The lowest BCUT2D eigenvalue weighted by Gasteiger charge is -2.43. The standard InChI is InChI=1S/C16H18N2O5S/c1-8(19)12-14(20)18-13(16(21)22)11(24-15(12)18)7-23-10-4-2-3-9(5-10)6-17/h2-5,8,12,15,19H,6-7,17H2,1H3,(H,21,22)/t8-,12+,15-/m1/s1. The molecule has 2 aliphatic rings. The van der Waals surface area contributed by atoms with E-state index in [2.05, 4.69) is 0 Å². The molecular weight excluding hydrogens is 332 g/mol. The Morgan fingerprint density at radius 1 is 1.50 bits per heavy atom. The predicted molar refractivity (Wildman–Crippen MR) is 87.9 cm³/mol. The number of aliphatic carboxylic acids is 1. The largest absolute Gasteiger partial charge is 0.488 e. The van der Waals surface area contributed by atoms with Crippen molar-refractivity contribution in [2.45, 2.75) is 24.9 Å². The number of aliphatic hydroxyl groups excluding tert-OH is 1. The Bertz CT molecular complexity index is 718. The number of carbonyl (C=O) groups is 2. The number of thioether (sulfide) groups is 1. The molecule has 24 heavy (non-hydrogen) atoms. The summed E-state index contributed by atoms with van der Waals surface area (Å²) < 4.78 is 5.67. The van der Waals surface area contributed by atoms with Crippen LogP contribution in [0.25, 0.3) is 0 Å². The lowest BCUT2D eigenvalue weighted by Crippen LogP contribution is -2.60. The summed E-state index contributed by atoms with van der Waals surface area (Å²) in [5, 5.41) is 18.7. The van der Waals surface area contributed by atoms with Gasteiger partial charge in [-0.25, -0.2) is 4.79 Å². The summed E-state index contributed by atoms with van der Waals surface area (Å²) >= 11 is 1.26. The zero-order valence-corrected chi connectivity index (χ0v) is 13.8. The Morgan fingerprint density at radius 3 is 2.88 bits per heavy atom. The number of benzene rings is 1. The van der Waals surface area contributed by atoms with Crippen LogP contribution in [0.5, 0.6) is 5.75 Å². The maximum absolute atomic E-state index is 12.1. The van der Waals surface area contributed by atoms with Crippen LogP contribution in [0, 0.1) is 5.92 Å². The summed E-state index contributed by atoms with van der Waals surface area (Å²) in [7, 11) is 0. The molecule has 0 unspecified atom stereocenters. The number of carboxylic acid groups (broad SMARTS) is 1. The van der Waals surface area contributed by atoms with Crippen LogP contribution in [0.4, 0.5) is 0 Å². The van der Waals surface area contributed by atoms with Crippen LogP contribution in [0.15, 0.2) is 34.9 Å². The van der Waals surface area contributed by atoms with Gasteiger partial charge in [0.05, 0.1) is 16.9 Å². The summed E-state index contributed by atoms with van der Waals surface area (Å²) in [5.74, 6) is -1.53. The highest BCUT2D eigenvalue weighted by Gasteiger charge is 2.57. The van der Waals surface area contributed by atoms with E-state index in [1.54, 1.807) is 12.1 Å². The van der Waals surface area contributed by atoms with Gasteiger partial charge in [-0.3, -0.25) is 9.69 Å². The van der Waals surface area contributed by atoms with Crippen molar-refractivity contribution in [3.63, 3.8) is 0 Å². The van der Waals surface area contributed by atoms with Gasteiger partial charge in [0.15, 0.2) is 0 Å². The molecule has 7 nitrogen and oxygen atoms in total. The topological polar surface area (TPSA) is 113 Å². The number of rotatable bonds is 6. The zero-order chi connectivity index (χ0) is 17.4. The van der Waals surface area contributed by atoms with E-state index in [1.807, 2.05) is 12.1 Å². The first kappa shape index (κ1) is 16.8. The number of carbonyl (C=O) groups excluding carboxylic acids is 1. The van der Waals surface area contributed by atoms with E-state index in [9.17, 15) is 19.8 Å². The Morgan fingerprint density at radius 2 is 2.25 bits per heavy atom. The molecule has 3 rings (SSSR count). The Hall–Kier alpha value is -2.03. The van der Waals surface area contributed by atoms with E-state index < -0.39 is 18.0 Å². The molecule has 0 spiro atoms. The van der Waals surface area contributed by atoms with Crippen LogP contribution in [0.1, 0.15) is 12.5 Å². The van der Waals surface area contributed by atoms with E-state index in [0.717, 1.165) is 5.56 Å². The van der Waals surface area contributed by atoms with E-state index >= 15 is 0 Å². The molecule has 1 fully saturated rings. The number of ether oxygens (including phenoxy) is 1. The van der Waals surface area contributed by atoms with Crippen molar-refractivity contribution in [3.05, 3.63) is 40.4 Å². The number of hydrogen-bond donors (Lipinski definition) is 3. The molecule has 0 aromatic heterocycles. The van der Waals surface area contributed by atoms with Gasteiger partial charge in [-0.2, -0.15) is 0 Å². The minimum absolute atomic E-state index is 0.0487. The van der Waals surface area contributed by atoms with Crippen LogP contribution in [-0.2, 0) is 16.1 Å². The first-order valence-corrected chi connectivity index (χ1v) is 8.38. The highest BCUT2D eigenvalue weighted by molar-refractivity contribution is 8.04. The van der Waals surface area contributed by atoms with Gasteiger partial charge in [0, 0.05) is 6.54 Å². The maximum Gasteiger partial charge on any atom is 0.353 e. The second kappa shape index (κ2) is 6.46. The lowest BCUT2D eigenvalue weighted by atomic mass is 9.92. The third-order valence-corrected chi connectivity index (χ3v) is 5.42. The molecule has 0 radical (unpaired) electrons. The number of amides is 1. The van der Waals surface area contributed by atoms with Crippen LogP contribution in [0.3, 0.4) is 0 Å². The van der Waals surface area contributed by atoms with E-state index in [-0.39, 0.29) is 23.6 Å². The fourth-order valence-electron chi connectivity index (χ4n) is 2.87. The monoisotopic (exact) mass is 350 g/mol. The number of aliphatic hydroxyl groups is 1. The summed E-state index contributed by atoms with van der Waals surface area (Å²) in [5.41, 5.74) is 6.44. The molecule has 2 aliphatic heterocycles. The summed E-state index contributed by atoms with van der Waals surface area (Å²) in [6.07, 6.45) is -0.817. The molecule has 1 aromatic rings. The number of β-lactam (4-membered cyclic amide) rings is 1. The minimum Gasteiger partial charge on any atom is -0.488 e. The Balaban J connectivity index is 1.77. The second-order valence-electron chi connectivity index (χ2n) is 5.70. The van der Waals surface area contributed by atoms with Crippen molar-refractivity contribution in [2.24, 2.45) is 11.7 Å². The second-order valence-corrected chi connectivity index (χ2v) is 6.91. The van der Waals surface area contributed by atoms with E-state index in [0.29, 0.717) is 17.2 Å². The minimum atomic E-state index is -1.17. The molecule has 8 heteroatoms. The van der Waals surface area contributed by atoms with Gasteiger partial charge in [-0.05, 0) is 24.6 Å². The average molecular weight is 350 g/mol. The van der Waals surface area contributed by atoms with Crippen molar-refractivity contribution >= 4 is 23.6 Å². The third-order valence-electron chi connectivity index (χ3n) is 4.08. The van der Waals surface area contributed by atoms with Crippen molar-refractivity contribution in [1.29, 1.82) is 0 Å². The van der Waals surface area contributed by atoms with Gasteiger partial charge in [0.1, 0.15) is 23.4 Å². The molecule has 2 heterocycles.